The molecule has 0 spiro atoms. The second-order valence-electron chi connectivity index (χ2n) is 7.07. The Kier molecular flexibility index (Phi) is 11.4. The van der Waals surface area contributed by atoms with Crippen LogP contribution in [0.1, 0.15) is 19.8 Å². The van der Waals surface area contributed by atoms with Gasteiger partial charge in [0.15, 0.2) is 16.6 Å². The summed E-state index contributed by atoms with van der Waals surface area (Å²) < 4.78 is 28.6. The van der Waals surface area contributed by atoms with Crippen LogP contribution in [0.2, 0.25) is 44.3 Å². The smallest absolute Gasteiger partial charge is 0.455 e. The van der Waals surface area contributed by atoms with E-state index in [4.69, 9.17) is 22.1 Å². The molecule has 0 atom stereocenters. The first-order chi connectivity index (χ1) is 10.7. The topological polar surface area (TPSA) is 46.2 Å². The summed E-state index contributed by atoms with van der Waals surface area (Å²) in [6.07, 6.45) is 2.13. The average molecular weight is 383 g/mol. The highest BCUT2D eigenvalue weighted by Crippen LogP contribution is 2.26. The molecule has 23 heavy (non-hydrogen) atoms. The van der Waals surface area contributed by atoms with Gasteiger partial charge in [-0.2, -0.15) is 0 Å². The van der Waals surface area contributed by atoms with E-state index in [0.29, 0.717) is 0 Å². The van der Waals surface area contributed by atoms with Crippen molar-refractivity contribution in [2.45, 2.75) is 64.1 Å². The van der Waals surface area contributed by atoms with Gasteiger partial charge in [-0.05, 0) is 58.0 Å². The monoisotopic (exact) mass is 382 g/mol. The average Bonchev–Trinajstić information content (AvgIpc) is 2.47. The molecule has 0 aliphatic carbocycles. The van der Waals surface area contributed by atoms with E-state index in [-0.39, 0.29) is 0 Å². The van der Waals surface area contributed by atoms with Crippen LogP contribution in [0.3, 0.4) is 0 Å². The van der Waals surface area contributed by atoms with Gasteiger partial charge in [-0.15, -0.1) is 0 Å². The number of hydrogen-bond acceptors (Lipinski definition) is 5. The minimum Gasteiger partial charge on any atom is -0.455 e. The Labute approximate surface area is 146 Å². The minimum absolute atomic E-state index is 0.799. The van der Waals surface area contributed by atoms with Crippen LogP contribution in [-0.2, 0) is 22.1 Å². The van der Waals surface area contributed by atoms with Crippen LogP contribution in [0.25, 0.3) is 0 Å². The van der Waals surface area contributed by atoms with Crippen molar-refractivity contribution in [3.8, 4) is 0 Å². The summed E-state index contributed by atoms with van der Waals surface area (Å²) in [7, 11) is -0.704. The zero-order chi connectivity index (χ0) is 18.0. The maximum Gasteiger partial charge on any atom is 0.500 e. The summed E-state index contributed by atoms with van der Waals surface area (Å²) in [6.45, 7) is 13.0. The van der Waals surface area contributed by atoms with Gasteiger partial charge in [0.1, 0.15) is 0 Å². The van der Waals surface area contributed by atoms with Crippen molar-refractivity contribution in [2.24, 2.45) is 0 Å². The van der Waals surface area contributed by atoms with E-state index in [1.165, 1.54) is 0 Å². The fraction of sp³-hybridized carbons (Fsp3) is 1.00. The van der Waals surface area contributed by atoms with E-state index in [9.17, 15) is 0 Å². The maximum atomic E-state index is 6.64. The van der Waals surface area contributed by atoms with Gasteiger partial charge < -0.3 is 22.1 Å². The third kappa shape index (κ3) is 10.1. The molecule has 0 amide bonds. The molecule has 0 N–H and O–H groups in total. The lowest BCUT2D eigenvalue weighted by atomic mass is 10.5. The summed E-state index contributed by atoms with van der Waals surface area (Å²) in [5, 5.41) is 0. The van der Waals surface area contributed by atoms with Gasteiger partial charge in [-0.25, -0.2) is 0 Å². The second-order valence-corrected chi connectivity index (χ2v) is 19.0. The molecule has 5 nitrogen and oxygen atoms in total. The van der Waals surface area contributed by atoms with Crippen LogP contribution in [0, 0.1) is 0 Å². The highest BCUT2D eigenvalue weighted by molar-refractivity contribution is 6.84. The van der Waals surface area contributed by atoms with Crippen LogP contribution < -0.4 is 0 Å². The van der Waals surface area contributed by atoms with Gasteiger partial charge >= 0.3 is 8.80 Å². The fourth-order valence-electron chi connectivity index (χ4n) is 2.88. The molecule has 0 aliphatic heterocycles. The zero-order valence-electron chi connectivity index (χ0n) is 16.5. The Bertz CT molecular complexity index is 301. The lowest BCUT2D eigenvalue weighted by molar-refractivity contribution is 0.123. The van der Waals surface area contributed by atoms with Crippen molar-refractivity contribution < 1.29 is 22.1 Å². The second kappa shape index (κ2) is 11.1. The molecule has 0 heterocycles. The fourth-order valence-corrected chi connectivity index (χ4v) is 13.8. The van der Waals surface area contributed by atoms with Crippen molar-refractivity contribution in [1.29, 1.82) is 0 Å². The van der Waals surface area contributed by atoms with Gasteiger partial charge in [0.2, 0.25) is 0 Å². The van der Waals surface area contributed by atoms with Crippen molar-refractivity contribution in [2.75, 3.05) is 34.5 Å². The first-order valence-electron chi connectivity index (χ1n) is 8.59. The molecule has 8 heteroatoms. The standard InChI is InChI=1S/C15H38O5Si3/c1-9-19-12-10-13-21(5,6)20-22(7,8)14-11-15-23(16-2,17-3)18-4/h9-15H2,1-8H3. The largest absolute Gasteiger partial charge is 0.500 e. The van der Waals surface area contributed by atoms with Gasteiger partial charge in [0, 0.05) is 40.6 Å². The van der Waals surface area contributed by atoms with E-state index in [0.717, 1.165) is 44.2 Å². The molecule has 140 valence electrons. The summed E-state index contributed by atoms with van der Waals surface area (Å²) >= 11 is 0. The molecular weight excluding hydrogens is 344 g/mol. The lowest BCUT2D eigenvalue weighted by Crippen LogP contribution is -2.46. The highest BCUT2D eigenvalue weighted by atomic mass is 28.4. The molecule has 0 saturated carbocycles. The van der Waals surface area contributed by atoms with E-state index in [2.05, 4.69) is 26.2 Å². The molecule has 0 saturated heterocycles. The van der Waals surface area contributed by atoms with Gasteiger partial charge in [0.05, 0.1) is 0 Å². The molecule has 0 bridgehead atoms. The molecule has 0 aliphatic rings. The third-order valence-electron chi connectivity index (χ3n) is 4.02. The van der Waals surface area contributed by atoms with Gasteiger partial charge in [0.25, 0.3) is 0 Å². The van der Waals surface area contributed by atoms with E-state index in [1.807, 2.05) is 6.92 Å². The van der Waals surface area contributed by atoms with Crippen LogP contribution >= 0.6 is 0 Å². The van der Waals surface area contributed by atoms with Crippen molar-refractivity contribution in [3.63, 3.8) is 0 Å². The quantitative estimate of drug-likeness (QED) is 0.334. The minimum atomic E-state index is -2.44. The lowest BCUT2D eigenvalue weighted by Gasteiger charge is -2.34. The normalized spacial score (nSPS) is 13.6. The predicted octanol–water partition coefficient (Wildman–Crippen LogP) is 4.11. The van der Waals surface area contributed by atoms with E-state index in [1.54, 1.807) is 21.3 Å². The van der Waals surface area contributed by atoms with Gasteiger partial charge in [-0.1, -0.05) is 0 Å². The van der Waals surface area contributed by atoms with Crippen LogP contribution in [-0.4, -0.2) is 60.0 Å². The predicted molar refractivity (Wildman–Crippen MR) is 103 cm³/mol. The molecule has 0 aromatic carbocycles. The Morgan fingerprint density at radius 3 is 1.61 bits per heavy atom. The Hall–Kier alpha value is 0.451. The molecule has 0 radical (unpaired) electrons. The highest BCUT2D eigenvalue weighted by Gasteiger charge is 2.39. The van der Waals surface area contributed by atoms with Crippen molar-refractivity contribution >= 4 is 25.4 Å². The van der Waals surface area contributed by atoms with Crippen LogP contribution in [0.4, 0.5) is 0 Å². The first kappa shape index (κ1) is 23.5. The first-order valence-corrected chi connectivity index (χ1v) is 16.8. The number of ether oxygens (including phenoxy) is 1. The molecule has 0 fully saturated rings. The summed E-state index contributed by atoms with van der Waals surface area (Å²) in [4.78, 5) is 0. The third-order valence-corrected chi connectivity index (χ3v) is 14.4. The van der Waals surface area contributed by atoms with Crippen molar-refractivity contribution in [3.05, 3.63) is 0 Å². The summed E-state index contributed by atoms with van der Waals surface area (Å²) in [6, 6.07) is 3.12. The Morgan fingerprint density at radius 1 is 0.696 bits per heavy atom. The number of hydrogen-bond donors (Lipinski definition) is 0. The van der Waals surface area contributed by atoms with E-state index < -0.39 is 25.4 Å². The molecule has 0 aromatic heterocycles. The zero-order valence-corrected chi connectivity index (χ0v) is 19.5. The molecule has 0 unspecified atom stereocenters. The molecule has 0 rings (SSSR count). The van der Waals surface area contributed by atoms with Gasteiger partial charge in [-0.3, -0.25) is 0 Å². The van der Waals surface area contributed by atoms with E-state index >= 15 is 0 Å². The number of rotatable bonds is 14. The maximum absolute atomic E-state index is 6.64. The Balaban J connectivity index is 4.30. The Morgan fingerprint density at radius 2 is 1.17 bits per heavy atom. The van der Waals surface area contributed by atoms with Crippen LogP contribution in [0.15, 0.2) is 0 Å². The molecule has 0 aromatic rings. The summed E-state index contributed by atoms with van der Waals surface area (Å²) in [5.74, 6) is 0. The molecular formula is C15H38O5Si3. The summed E-state index contributed by atoms with van der Waals surface area (Å²) in [5.41, 5.74) is 0. The van der Waals surface area contributed by atoms with Crippen molar-refractivity contribution in [1.82, 2.24) is 0 Å². The van der Waals surface area contributed by atoms with Crippen LogP contribution in [0.5, 0.6) is 0 Å². The SMILES string of the molecule is CCOCCC[Si](C)(C)O[Si](C)(C)CCC[Si](OC)(OC)OC.